The lowest BCUT2D eigenvalue weighted by Gasteiger charge is -2.30. The number of nitrogens with zero attached hydrogens (tertiary/aromatic N) is 5. The van der Waals surface area contributed by atoms with Crippen molar-refractivity contribution in [3.05, 3.63) is 23.5 Å². The summed E-state index contributed by atoms with van der Waals surface area (Å²) in [4.78, 5) is 7.00. The average Bonchev–Trinajstić information content (AvgIpc) is 3.10. The van der Waals surface area contributed by atoms with Crippen LogP contribution in [0.2, 0.25) is 0 Å². The molecule has 2 aliphatic carbocycles. The van der Waals surface area contributed by atoms with Crippen LogP contribution < -0.4 is 0 Å². The highest BCUT2D eigenvalue weighted by molar-refractivity contribution is 5.05. The molecule has 3 heterocycles. The average molecular weight is 329 g/mol. The van der Waals surface area contributed by atoms with Crippen molar-refractivity contribution in [1.82, 2.24) is 25.2 Å². The van der Waals surface area contributed by atoms with Crippen LogP contribution in [0.4, 0.5) is 0 Å². The summed E-state index contributed by atoms with van der Waals surface area (Å²) in [5.74, 6) is 4.66. The van der Waals surface area contributed by atoms with Crippen LogP contribution in [0.3, 0.4) is 0 Å². The van der Waals surface area contributed by atoms with Crippen molar-refractivity contribution in [2.24, 2.45) is 0 Å². The molecule has 0 unspecified atom stereocenters. The van der Waals surface area contributed by atoms with E-state index in [2.05, 4.69) is 25.2 Å². The molecule has 3 aliphatic rings. The van der Waals surface area contributed by atoms with Crippen LogP contribution in [0.25, 0.3) is 0 Å². The van der Waals surface area contributed by atoms with E-state index in [1.807, 2.05) is 0 Å². The summed E-state index contributed by atoms with van der Waals surface area (Å²) in [6.45, 7) is 2.72. The lowest BCUT2D eigenvalue weighted by atomic mass is 9.85. The molecule has 7 heteroatoms. The lowest BCUT2D eigenvalue weighted by Crippen LogP contribution is -2.34. The van der Waals surface area contributed by atoms with E-state index in [9.17, 15) is 0 Å². The lowest BCUT2D eigenvalue weighted by molar-refractivity contribution is 0.176. The number of piperidine rings is 1. The first-order chi connectivity index (χ1) is 11.8. The zero-order valence-corrected chi connectivity index (χ0v) is 13.9. The Morgan fingerprint density at radius 3 is 2.54 bits per heavy atom. The van der Waals surface area contributed by atoms with Gasteiger partial charge in [0.1, 0.15) is 0 Å². The van der Waals surface area contributed by atoms with Crippen LogP contribution >= 0.6 is 0 Å². The molecule has 5 rings (SSSR count). The van der Waals surface area contributed by atoms with Crippen LogP contribution in [0.15, 0.2) is 8.94 Å². The van der Waals surface area contributed by atoms with Crippen molar-refractivity contribution in [2.45, 2.75) is 69.2 Å². The van der Waals surface area contributed by atoms with E-state index in [1.165, 1.54) is 32.1 Å². The largest absolute Gasteiger partial charge is 0.424 e. The van der Waals surface area contributed by atoms with Gasteiger partial charge in [-0.2, -0.15) is 4.98 Å². The Hall–Kier alpha value is -1.76. The summed E-state index contributed by atoms with van der Waals surface area (Å²) in [6.07, 6.45) is 8.31. The van der Waals surface area contributed by atoms with Gasteiger partial charge >= 0.3 is 0 Å². The van der Waals surface area contributed by atoms with Gasteiger partial charge in [0.25, 0.3) is 0 Å². The van der Waals surface area contributed by atoms with Crippen molar-refractivity contribution < 1.29 is 8.94 Å². The van der Waals surface area contributed by atoms with Gasteiger partial charge in [0.2, 0.25) is 17.7 Å². The second-order valence-corrected chi connectivity index (χ2v) is 7.50. The Labute approximate surface area is 140 Å². The van der Waals surface area contributed by atoms with Gasteiger partial charge in [0, 0.05) is 24.3 Å². The quantitative estimate of drug-likeness (QED) is 0.834. The number of likely N-dealkylation sites (tertiary alicyclic amines) is 1. The van der Waals surface area contributed by atoms with Gasteiger partial charge in [0.15, 0.2) is 5.82 Å². The Morgan fingerprint density at radius 1 is 0.917 bits per heavy atom. The fraction of sp³-hybridized carbons (Fsp3) is 0.765. The molecule has 0 amide bonds. The Morgan fingerprint density at radius 2 is 1.75 bits per heavy atom. The summed E-state index contributed by atoms with van der Waals surface area (Å²) >= 11 is 0. The molecular weight excluding hydrogens is 306 g/mol. The topological polar surface area (TPSA) is 81.1 Å². The van der Waals surface area contributed by atoms with Gasteiger partial charge in [-0.3, -0.25) is 4.90 Å². The minimum atomic E-state index is 0.351. The molecule has 7 nitrogen and oxygen atoms in total. The van der Waals surface area contributed by atoms with E-state index in [0.29, 0.717) is 17.8 Å². The fourth-order valence-corrected chi connectivity index (χ4v) is 3.66. The molecule has 0 bridgehead atoms. The van der Waals surface area contributed by atoms with Crippen molar-refractivity contribution >= 4 is 0 Å². The van der Waals surface area contributed by atoms with E-state index < -0.39 is 0 Å². The predicted molar refractivity (Wildman–Crippen MR) is 84.4 cm³/mol. The third-order valence-electron chi connectivity index (χ3n) is 5.55. The van der Waals surface area contributed by atoms with Gasteiger partial charge in [-0.15, -0.1) is 10.2 Å². The van der Waals surface area contributed by atoms with E-state index in [-0.39, 0.29) is 0 Å². The highest BCUT2D eigenvalue weighted by atomic mass is 16.5. The summed E-state index contributed by atoms with van der Waals surface area (Å²) in [6, 6.07) is 0. The fourth-order valence-electron chi connectivity index (χ4n) is 3.66. The monoisotopic (exact) mass is 329 g/mol. The minimum absolute atomic E-state index is 0.351. The highest BCUT2D eigenvalue weighted by Gasteiger charge is 2.32. The van der Waals surface area contributed by atoms with Crippen LogP contribution in [0.5, 0.6) is 0 Å². The van der Waals surface area contributed by atoms with Crippen molar-refractivity contribution in [1.29, 1.82) is 0 Å². The number of hydrogen-bond acceptors (Lipinski definition) is 7. The van der Waals surface area contributed by atoms with Crippen LogP contribution in [-0.2, 0) is 6.54 Å². The first-order valence-electron chi connectivity index (χ1n) is 9.23. The smallest absolute Gasteiger partial charge is 0.230 e. The van der Waals surface area contributed by atoms with E-state index in [1.54, 1.807) is 0 Å². The highest BCUT2D eigenvalue weighted by Crippen LogP contribution is 2.40. The molecular formula is C17H23N5O2. The molecule has 1 saturated heterocycles. The summed E-state index contributed by atoms with van der Waals surface area (Å²) < 4.78 is 11.3. The number of hydrogen-bond donors (Lipinski definition) is 0. The predicted octanol–water partition coefficient (Wildman–Crippen LogP) is 2.98. The molecule has 0 N–H and O–H groups in total. The molecule has 0 aromatic carbocycles. The molecule has 0 spiro atoms. The van der Waals surface area contributed by atoms with E-state index in [4.69, 9.17) is 8.94 Å². The third-order valence-corrected chi connectivity index (χ3v) is 5.55. The standard InChI is InChI=1S/C17H23N5O2/c1-3-11(4-1)17-20-19-14(23-17)10-22-8-2-5-13(9-22)15-18-16(24-21-15)12-6-7-12/h11-13H,1-10H2/t13-/m0/s1. The zero-order chi connectivity index (χ0) is 15.9. The number of aromatic nitrogens is 4. The van der Waals surface area contributed by atoms with Crippen LogP contribution in [-0.4, -0.2) is 38.3 Å². The van der Waals surface area contributed by atoms with Gasteiger partial charge in [-0.25, -0.2) is 0 Å². The zero-order valence-electron chi connectivity index (χ0n) is 13.9. The third kappa shape index (κ3) is 2.85. The van der Waals surface area contributed by atoms with Gasteiger partial charge in [-0.1, -0.05) is 11.6 Å². The normalized spacial score (nSPS) is 25.8. The molecule has 128 valence electrons. The second kappa shape index (κ2) is 5.95. The maximum Gasteiger partial charge on any atom is 0.230 e. The summed E-state index contributed by atoms with van der Waals surface area (Å²) in [5.41, 5.74) is 0. The van der Waals surface area contributed by atoms with Gasteiger partial charge in [0.05, 0.1) is 6.54 Å². The van der Waals surface area contributed by atoms with Crippen molar-refractivity contribution in [2.75, 3.05) is 13.1 Å². The molecule has 2 aromatic rings. The first kappa shape index (κ1) is 14.6. The number of rotatable bonds is 5. The Kier molecular flexibility index (Phi) is 3.61. The van der Waals surface area contributed by atoms with E-state index in [0.717, 1.165) is 56.0 Å². The molecule has 2 aromatic heterocycles. The Bertz CT molecular complexity index is 703. The molecule has 1 atom stereocenters. The molecule has 24 heavy (non-hydrogen) atoms. The minimum Gasteiger partial charge on any atom is -0.424 e. The van der Waals surface area contributed by atoms with Crippen molar-refractivity contribution in [3.8, 4) is 0 Å². The molecule has 3 fully saturated rings. The van der Waals surface area contributed by atoms with Crippen molar-refractivity contribution in [3.63, 3.8) is 0 Å². The second-order valence-electron chi connectivity index (χ2n) is 7.50. The van der Waals surface area contributed by atoms with E-state index >= 15 is 0 Å². The first-order valence-corrected chi connectivity index (χ1v) is 9.23. The summed E-state index contributed by atoms with van der Waals surface area (Å²) in [7, 11) is 0. The van der Waals surface area contributed by atoms with Crippen LogP contribution in [0.1, 0.15) is 86.2 Å². The molecule has 1 aliphatic heterocycles. The van der Waals surface area contributed by atoms with Crippen LogP contribution in [0, 0.1) is 0 Å². The Balaban J connectivity index is 1.22. The molecule has 2 saturated carbocycles. The maximum absolute atomic E-state index is 5.86. The SMILES string of the molecule is C1CC(c2nnc(CN3CCC[C@H](c4noc(C5CC5)n4)C3)o2)C1. The summed E-state index contributed by atoms with van der Waals surface area (Å²) in [5, 5.41) is 12.7. The molecule has 0 radical (unpaired) electrons. The van der Waals surface area contributed by atoms with Gasteiger partial charge < -0.3 is 8.94 Å². The van der Waals surface area contributed by atoms with Gasteiger partial charge in [-0.05, 0) is 45.1 Å². The maximum atomic E-state index is 5.86.